The van der Waals surface area contributed by atoms with Crippen molar-refractivity contribution in [1.82, 2.24) is 4.90 Å². The van der Waals surface area contributed by atoms with Crippen LogP contribution in [0, 0.1) is 0 Å². The number of ether oxygens (including phenoxy) is 2. The van der Waals surface area contributed by atoms with Crippen molar-refractivity contribution in [3.63, 3.8) is 0 Å². The molecule has 1 saturated heterocycles. The summed E-state index contributed by atoms with van der Waals surface area (Å²) < 4.78 is 12.6. The third kappa shape index (κ3) is 5.21. The average Bonchev–Trinajstić information content (AvgIpc) is 2.95. The zero-order chi connectivity index (χ0) is 21.8. The molecule has 30 heavy (non-hydrogen) atoms. The molecule has 156 valence electrons. The first-order valence-corrected chi connectivity index (χ1v) is 11.4. The molecule has 9 heteroatoms. The second-order valence-electron chi connectivity index (χ2n) is 6.14. The number of thiocarbonyl (C=S) groups is 1. The molecule has 4 nitrogen and oxygen atoms in total. The molecule has 0 unspecified atom stereocenters. The first-order valence-electron chi connectivity index (χ1n) is 8.64. The molecule has 1 heterocycles. The van der Waals surface area contributed by atoms with Crippen LogP contribution in [0.5, 0.6) is 11.5 Å². The molecule has 1 amide bonds. The number of halogens is 3. The minimum Gasteiger partial charge on any atom is -0.493 e. The molecule has 2 aromatic rings. The van der Waals surface area contributed by atoms with Gasteiger partial charge in [-0.05, 0) is 51.8 Å². The van der Waals surface area contributed by atoms with Gasteiger partial charge >= 0.3 is 0 Å². The molecule has 0 aliphatic carbocycles. The zero-order valence-corrected chi connectivity index (χ0v) is 20.5. The Hall–Kier alpha value is -1.51. The maximum Gasteiger partial charge on any atom is 0.266 e. The monoisotopic (exact) mass is 543 g/mol. The van der Waals surface area contributed by atoms with Gasteiger partial charge in [-0.1, -0.05) is 59.3 Å². The van der Waals surface area contributed by atoms with Gasteiger partial charge in [0.2, 0.25) is 0 Å². The number of nitrogens with zero attached hydrogens (tertiary/aromatic N) is 1. The number of methoxy groups -OCH3 is 1. The van der Waals surface area contributed by atoms with E-state index < -0.39 is 0 Å². The van der Waals surface area contributed by atoms with Gasteiger partial charge in [-0.2, -0.15) is 0 Å². The number of hydrogen-bond donors (Lipinski definition) is 0. The lowest BCUT2D eigenvalue weighted by molar-refractivity contribution is -0.121. The molecule has 3 rings (SSSR count). The Morgan fingerprint density at radius 3 is 2.73 bits per heavy atom. The zero-order valence-electron chi connectivity index (χ0n) is 15.8. The van der Waals surface area contributed by atoms with Gasteiger partial charge in [0.25, 0.3) is 5.91 Å². The van der Waals surface area contributed by atoms with Crippen LogP contribution in [0.4, 0.5) is 0 Å². The minimum absolute atomic E-state index is 0.141. The van der Waals surface area contributed by atoms with E-state index in [9.17, 15) is 4.79 Å². The molecule has 0 aromatic heterocycles. The van der Waals surface area contributed by atoms with Gasteiger partial charge in [-0.3, -0.25) is 9.69 Å². The maximum atomic E-state index is 12.5. The SMILES string of the molecule is C=CCN1C(=O)/C(=C/c2cc(Br)c(OCc3ccc(Cl)cc3Cl)c(OC)c2)SC1=S. The second kappa shape index (κ2) is 10.2. The van der Waals surface area contributed by atoms with Gasteiger partial charge < -0.3 is 9.47 Å². The number of carbonyl (C=O) groups excluding carboxylic acids is 1. The van der Waals surface area contributed by atoms with E-state index in [0.717, 1.165) is 11.1 Å². The van der Waals surface area contributed by atoms with Crippen LogP contribution >= 0.6 is 63.1 Å². The summed E-state index contributed by atoms with van der Waals surface area (Å²) in [6.07, 6.45) is 3.42. The normalized spacial score (nSPS) is 15.1. The van der Waals surface area contributed by atoms with Crippen molar-refractivity contribution in [3.05, 3.63) is 73.5 Å². The highest BCUT2D eigenvalue weighted by Gasteiger charge is 2.31. The number of thioether (sulfide) groups is 1. The number of hydrogen-bond acceptors (Lipinski definition) is 5. The summed E-state index contributed by atoms with van der Waals surface area (Å²) in [6.45, 7) is 4.29. The standard InChI is InChI=1S/C21H16BrCl2NO3S2/c1-3-6-25-20(26)18(30-21(25)29)9-12-7-15(22)19(17(8-12)27-2)28-11-13-4-5-14(23)10-16(13)24/h3-5,7-10H,1,6,11H2,2H3/b18-9-. The highest BCUT2D eigenvalue weighted by molar-refractivity contribution is 9.10. The van der Waals surface area contributed by atoms with E-state index in [1.807, 2.05) is 12.1 Å². The fraction of sp³-hybridized carbons (Fsp3) is 0.143. The van der Waals surface area contributed by atoms with E-state index in [1.54, 1.807) is 37.5 Å². The molecule has 0 saturated carbocycles. The Morgan fingerprint density at radius 2 is 2.07 bits per heavy atom. The van der Waals surface area contributed by atoms with Crippen LogP contribution in [0.3, 0.4) is 0 Å². The average molecular weight is 545 g/mol. The second-order valence-corrected chi connectivity index (χ2v) is 9.51. The van der Waals surface area contributed by atoms with Crippen molar-refractivity contribution >= 4 is 79.4 Å². The third-order valence-corrected chi connectivity index (χ3v) is 6.68. The predicted octanol–water partition coefficient (Wildman–Crippen LogP) is 6.73. The van der Waals surface area contributed by atoms with Crippen LogP contribution in [-0.2, 0) is 11.4 Å². The molecule has 1 aliphatic rings. The van der Waals surface area contributed by atoms with Gasteiger partial charge in [0, 0.05) is 22.2 Å². The summed E-state index contributed by atoms with van der Waals surface area (Å²) in [5.74, 6) is 0.903. The Kier molecular flexibility index (Phi) is 7.87. The van der Waals surface area contributed by atoms with Crippen molar-refractivity contribution in [3.8, 4) is 11.5 Å². The molecule has 0 atom stereocenters. The fourth-order valence-electron chi connectivity index (χ4n) is 2.69. The summed E-state index contributed by atoms with van der Waals surface area (Å²) in [5, 5.41) is 1.08. The Bertz CT molecular complexity index is 1060. The first kappa shape index (κ1) is 23.2. The summed E-state index contributed by atoms with van der Waals surface area (Å²) in [4.78, 5) is 14.6. The van der Waals surface area contributed by atoms with E-state index in [-0.39, 0.29) is 12.5 Å². The topological polar surface area (TPSA) is 38.8 Å². The summed E-state index contributed by atoms with van der Waals surface area (Å²) in [7, 11) is 1.55. The van der Waals surface area contributed by atoms with Crippen LogP contribution in [0.25, 0.3) is 6.08 Å². The van der Waals surface area contributed by atoms with Crippen LogP contribution < -0.4 is 9.47 Å². The molecule has 1 aliphatic heterocycles. The molecule has 0 spiro atoms. The van der Waals surface area contributed by atoms with E-state index in [2.05, 4.69) is 22.5 Å². The highest BCUT2D eigenvalue weighted by atomic mass is 79.9. The number of carbonyl (C=O) groups is 1. The van der Waals surface area contributed by atoms with E-state index in [1.165, 1.54) is 16.7 Å². The Morgan fingerprint density at radius 1 is 1.30 bits per heavy atom. The van der Waals surface area contributed by atoms with Crippen molar-refractivity contribution in [1.29, 1.82) is 0 Å². The smallest absolute Gasteiger partial charge is 0.266 e. The summed E-state index contributed by atoms with van der Waals surface area (Å²) >= 11 is 22.2. The summed E-state index contributed by atoms with van der Waals surface area (Å²) in [5.41, 5.74) is 1.57. The van der Waals surface area contributed by atoms with E-state index in [0.29, 0.717) is 41.8 Å². The van der Waals surface area contributed by atoms with Crippen molar-refractivity contribution in [2.75, 3.05) is 13.7 Å². The van der Waals surface area contributed by atoms with Crippen LogP contribution in [0.1, 0.15) is 11.1 Å². The van der Waals surface area contributed by atoms with E-state index in [4.69, 9.17) is 44.9 Å². The highest BCUT2D eigenvalue weighted by Crippen LogP contribution is 2.39. The van der Waals surface area contributed by atoms with Crippen molar-refractivity contribution in [2.24, 2.45) is 0 Å². The number of amides is 1. The largest absolute Gasteiger partial charge is 0.493 e. The molecular formula is C21H16BrCl2NO3S2. The van der Waals surface area contributed by atoms with Gasteiger partial charge in [0.05, 0.1) is 16.5 Å². The third-order valence-electron chi connectivity index (χ3n) is 4.12. The Labute approximate surface area is 202 Å². The first-order chi connectivity index (χ1) is 14.3. The van der Waals surface area contributed by atoms with Gasteiger partial charge in [-0.25, -0.2) is 0 Å². The molecular weight excluding hydrogens is 529 g/mol. The van der Waals surface area contributed by atoms with Crippen molar-refractivity contribution in [2.45, 2.75) is 6.61 Å². The maximum absolute atomic E-state index is 12.5. The molecule has 0 bridgehead atoms. The number of benzene rings is 2. The van der Waals surface area contributed by atoms with Crippen LogP contribution in [0.2, 0.25) is 10.0 Å². The van der Waals surface area contributed by atoms with E-state index >= 15 is 0 Å². The lowest BCUT2D eigenvalue weighted by atomic mass is 10.1. The van der Waals surface area contributed by atoms with Crippen LogP contribution in [0.15, 0.2) is 52.4 Å². The minimum atomic E-state index is -0.141. The lowest BCUT2D eigenvalue weighted by Crippen LogP contribution is -2.27. The fourth-order valence-corrected chi connectivity index (χ4v) is 5.00. The Balaban J connectivity index is 1.84. The van der Waals surface area contributed by atoms with Crippen LogP contribution in [-0.4, -0.2) is 28.8 Å². The number of rotatable bonds is 7. The predicted molar refractivity (Wildman–Crippen MR) is 132 cm³/mol. The van der Waals surface area contributed by atoms with Gasteiger partial charge in [0.1, 0.15) is 10.9 Å². The van der Waals surface area contributed by atoms with Crippen molar-refractivity contribution < 1.29 is 14.3 Å². The quantitative estimate of drug-likeness (QED) is 0.219. The molecule has 0 radical (unpaired) electrons. The molecule has 1 fully saturated rings. The van der Waals surface area contributed by atoms with Gasteiger partial charge in [0.15, 0.2) is 11.5 Å². The molecule has 0 N–H and O–H groups in total. The lowest BCUT2D eigenvalue weighted by Gasteiger charge is -2.14. The van der Waals surface area contributed by atoms with Gasteiger partial charge in [-0.15, -0.1) is 6.58 Å². The summed E-state index contributed by atoms with van der Waals surface area (Å²) in [6, 6.07) is 8.87. The molecule has 2 aromatic carbocycles.